The highest BCUT2D eigenvalue weighted by molar-refractivity contribution is 5.53. The maximum Gasteiger partial charge on any atom is 0.135 e. The average molecular weight is 238 g/mol. The van der Waals surface area contributed by atoms with Crippen LogP contribution in [-0.2, 0) is 6.42 Å². The summed E-state index contributed by atoms with van der Waals surface area (Å²) in [6.45, 7) is 1.18. The van der Waals surface area contributed by atoms with E-state index >= 15 is 0 Å². The SMILES string of the molecule is C[N+]1(C)CC(c2ccccc2)Cc2ccccc21. The quantitative estimate of drug-likeness (QED) is 0.666. The summed E-state index contributed by atoms with van der Waals surface area (Å²) in [7, 11) is 4.63. The molecule has 1 nitrogen and oxygen atoms in total. The van der Waals surface area contributed by atoms with Crippen molar-refractivity contribution in [2.24, 2.45) is 0 Å². The molecule has 2 aromatic carbocycles. The highest BCUT2D eigenvalue weighted by Crippen LogP contribution is 2.36. The Labute approximate surface area is 109 Å². The van der Waals surface area contributed by atoms with E-state index in [4.69, 9.17) is 0 Å². The summed E-state index contributed by atoms with van der Waals surface area (Å²) in [5.41, 5.74) is 4.45. The topological polar surface area (TPSA) is 0 Å². The van der Waals surface area contributed by atoms with Gasteiger partial charge in [-0.15, -0.1) is 0 Å². The van der Waals surface area contributed by atoms with E-state index in [1.807, 2.05) is 0 Å². The Morgan fingerprint density at radius 2 is 1.56 bits per heavy atom. The van der Waals surface area contributed by atoms with Crippen LogP contribution in [0.3, 0.4) is 0 Å². The van der Waals surface area contributed by atoms with Crippen LogP contribution in [0.15, 0.2) is 54.6 Å². The highest BCUT2D eigenvalue weighted by atomic mass is 15.3. The summed E-state index contributed by atoms with van der Waals surface area (Å²) in [6, 6.07) is 19.8. The zero-order chi connectivity index (χ0) is 12.6. The van der Waals surface area contributed by atoms with Crippen LogP contribution in [0, 0.1) is 0 Å². The van der Waals surface area contributed by atoms with E-state index in [1.54, 1.807) is 0 Å². The summed E-state index contributed by atoms with van der Waals surface area (Å²) < 4.78 is 0.982. The maximum absolute atomic E-state index is 2.31. The lowest BCUT2D eigenvalue weighted by atomic mass is 9.86. The molecule has 0 aliphatic carbocycles. The van der Waals surface area contributed by atoms with Gasteiger partial charge in [0.05, 0.1) is 20.6 Å². The van der Waals surface area contributed by atoms with Gasteiger partial charge >= 0.3 is 0 Å². The molecule has 1 atom stereocenters. The molecule has 0 saturated heterocycles. The van der Waals surface area contributed by atoms with Crippen molar-refractivity contribution in [1.82, 2.24) is 4.48 Å². The first-order chi connectivity index (χ1) is 8.67. The van der Waals surface area contributed by atoms with Crippen molar-refractivity contribution in [1.29, 1.82) is 0 Å². The molecule has 1 unspecified atom stereocenters. The van der Waals surface area contributed by atoms with Gasteiger partial charge in [0.15, 0.2) is 0 Å². The lowest BCUT2D eigenvalue weighted by Crippen LogP contribution is -2.47. The Balaban J connectivity index is 2.01. The summed E-state index contributed by atoms with van der Waals surface area (Å²) in [4.78, 5) is 0. The molecule has 1 heterocycles. The molecular weight excluding hydrogens is 218 g/mol. The fourth-order valence-electron chi connectivity index (χ4n) is 3.20. The lowest BCUT2D eigenvalue weighted by molar-refractivity contribution is 0.341. The molecule has 18 heavy (non-hydrogen) atoms. The molecule has 3 rings (SSSR count). The fourth-order valence-corrected chi connectivity index (χ4v) is 3.20. The van der Waals surface area contributed by atoms with Gasteiger partial charge in [0.1, 0.15) is 5.69 Å². The normalized spacial score (nSPS) is 21.3. The van der Waals surface area contributed by atoms with Crippen LogP contribution in [0.5, 0.6) is 0 Å². The van der Waals surface area contributed by atoms with Gasteiger partial charge in [-0.2, -0.15) is 0 Å². The average Bonchev–Trinajstić information content (AvgIpc) is 2.39. The third-order valence-corrected chi connectivity index (χ3v) is 4.06. The van der Waals surface area contributed by atoms with Crippen LogP contribution in [-0.4, -0.2) is 20.6 Å². The zero-order valence-electron chi connectivity index (χ0n) is 11.1. The third-order valence-electron chi connectivity index (χ3n) is 4.06. The third kappa shape index (κ3) is 1.95. The van der Waals surface area contributed by atoms with Gasteiger partial charge in [0.2, 0.25) is 0 Å². The van der Waals surface area contributed by atoms with Gasteiger partial charge in [-0.05, 0) is 18.1 Å². The Morgan fingerprint density at radius 1 is 0.889 bits per heavy atom. The molecule has 0 aromatic heterocycles. The predicted octanol–water partition coefficient (Wildman–Crippen LogP) is 3.59. The molecule has 0 saturated carbocycles. The van der Waals surface area contributed by atoms with Gasteiger partial charge in [-0.1, -0.05) is 48.5 Å². The predicted molar refractivity (Wildman–Crippen MR) is 77.8 cm³/mol. The van der Waals surface area contributed by atoms with E-state index in [0.29, 0.717) is 5.92 Å². The molecule has 0 amide bonds. The minimum absolute atomic E-state index is 0.635. The number of fused-ring (bicyclic) bond motifs is 1. The smallest absolute Gasteiger partial charge is 0.135 e. The highest BCUT2D eigenvalue weighted by Gasteiger charge is 2.33. The first kappa shape index (κ1) is 11.5. The van der Waals surface area contributed by atoms with Crippen LogP contribution < -0.4 is 4.48 Å². The number of hydrogen-bond acceptors (Lipinski definition) is 0. The van der Waals surface area contributed by atoms with Crippen molar-refractivity contribution >= 4 is 5.69 Å². The van der Waals surface area contributed by atoms with Crippen molar-refractivity contribution in [3.8, 4) is 0 Å². The van der Waals surface area contributed by atoms with E-state index in [-0.39, 0.29) is 0 Å². The van der Waals surface area contributed by atoms with Crippen molar-refractivity contribution in [2.45, 2.75) is 12.3 Å². The molecule has 92 valence electrons. The van der Waals surface area contributed by atoms with Crippen molar-refractivity contribution in [2.75, 3.05) is 20.6 Å². The molecular formula is C17H20N+. The van der Waals surface area contributed by atoms with E-state index in [0.717, 1.165) is 4.48 Å². The van der Waals surface area contributed by atoms with Gasteiger partial charge in [-0.25, -0.2) is 0 Å². The largest absolute Gasteiger partial charge is 0.295 e. The van der Waals surface area contributed by atoms with Gasteiger partial charge in [0.25, 0.3) is 0 Å². The summed E-state index contributed by atoms with van der Waals surface area (Å²) >= 11 is 0. The van der Waals surface area contributed by atoms with E-state index in [9.17, 15) is 0 Å². The second-order valence-electron chi connectivity index (χ2n) is 5.81. The number of likely N-dealkylation sites (N-methyl/N-ethyl adjacent to an activating group) is 1. The van der Waals surface area contributed by atoms with Gasteiger partial charge < -0.3 is 0 Å². The van der Waals surface area contributed by atoms with Gasteiger partial charge in [0, 0.05) is 11.5 Å². The fraction of sp³-hybridized carbons (Fsp3) is 0.294. The zero-order valence-corrected chi connectivity index (χ0v) is 11.1. The van der Waals surface area contributed by atoms with Crippen molar-refractivity contribution in [3.63, 3.8) is 0 Å². The second kappa shape index (κ2) is 4.25. The first-order valence-electron chi connectivity index (χ1n) is 6.63. The Hall–Kier alpha value is -1.60. The summed E-state index contributed by atoms with van der Waals surface area (Å²) in [5, 5.41) is 0. The minimum atomic E-state index is 0.635. The number of quaternary nitrogens is 1. The van der Waals surface area contributed by atoms with E-state index in [2.05, 4.69) is 68.7 Å². The molecule has 0 fully saturated rings. The maximum atomic E-state index is 2.31. The summed E-state index contributed by atoms with van der Waals surface area (Å²) in [6.07, 6.45) is 1.17. The van der Waals surface area contributed by atoms with Crippen LogP contribution in [0.1, 0.15) is 17.0 Å². The standard InChI is InChI=1S/C17H20N/c1-18(2)13-16(14-8-4-3-5-9-14)12-15-10-6-7-11-17(15)18/h3-11,16H,12-13H2,1-2H3/q+1. The first-order valence-corrected chi connectivity index (χ1v) is 6.63. The minimum Gasteiger partial charge on any atom is -0.295 e. The molecule has 1 heteroatoms. The number of para-hydroxylation sites is 1. The second-order valence-corrected chi connectivity index (χ2v) is 5.81. The molecule has 0 radical (unpaired) electrons. The van der Waals surface area contributed by atoms with E-state index < -0.39 is 0 Å². The number of hydrogen-bond donors (Lipinski definition) is 0. The lowest BCUT2D eigenvalue weighted by Gasteiger charge is -2.39. The molecule has 0 N–H and O–H groups in total. The number of benzene rings is 2. The monoisotopic (exact) mass is 238 g/mol. The van der Waals surface area contributed by atoms with Crippen molar-refractivity contribution in [3.05, 3.63) is 65.7 Å². The van der Waals surface area contributed by atoms with Crippen molar-refractivity contribution < 1.29 is 0 Å². The Morgan fingerprint density at radius 3 is 2.33 bits per heavy atom. The molecule has 0 bridgehead atoms. The van der Waals surface area contributed by atoms with E-state index in [1.165, 1.54) is 29.8 Å². The Kier molecular flexibility index (Phi) is 2.71. The van der Waals surface area contributed by atoms with Crippen LogP contribution >= 0.6 is 0 Å². The van der Waals surface area contributed by atoms with Crippen LogP contribution in [0.2, 0.25) is 0 Å². The molecule has 1 aliphatic heterocycles. The number of nitrogens with zero attached hydrogens (tertiary/aromatic N) is 1. The molecule has 0 spiro atoms. The van der Waals surface area contributed by atoms with Crippen LogP contribution in [0.25, 0.3) is 0 Å². The molecule has 2 aromatic rings. The number of rotatable bonds is 1. The Bertz CT molecular complexity index is 543. The van der Waals surface area contributed by atoms with Gasteiger partial charge in [-0.3, -0.25) is 4.48 Å². The van der Waals surface area contributed by atoms with Crippen LogP contribution in [0.4, 0.5) is 5.69 Å². The summed E-state index contributed by atoms with van der Waals surface area (Å²) in [5.74, 6) is 0.635. The molecule has 1 aliphatic rings.